The number of aromatic nitrogens is 2. The predicted molar refractivity (Wildman–Crippen MR) is 120 cm³/mol. The van der Waals surface area contributed by atoms with Crippen LogP contribution in [0.1, 0.15) is 5.56 Å². The summed E-state index contributed by atoms with van der Waals surface area (Å²) in [5, 5.41) is 1.30. The minimum Gasteiger partial charge on any atom is -0.354 e. The van der Waals surface area contributed by atoms with Crippen molar-refractivity contribution < 1.29 is 8.42 Å². The van der Waals surface area contributed by atoms with Crippen LogP contribution in [0.25, 0.3) is 6.08 Å². The van der Waals surface area contributed by atoms with Crippen molar-refractivity contribution in [2.45, 2.75) is 0 Å². The van der Waals surface area contributed by atoms with E-state index in [0.29, 0.717) is 26.2 Å². The van der Waals surface area contributed by atoms with E-state index in [1.54, 1.807) is 12.4 Å². The Morgan fingerprint density at radius 3 is 2.00 bits per heavy atom. The van der Waals surface area contributed by atoms with Gasteiger partial charge in [-0.15, -0.1) is 0 Å². The van der Waals surface area contributed by atoms with Gasteiger partial charge in [0.2, 0.25) is 10.0 Å². The number of anilines is 2. The van der Waals surface area contributed by atoms with E-state index >= 15 is 0 Å². The first-order valence-corrected chi connectivity index (χ1v) is 11.8. The number of sulfonamides is 1. The van der Waals surface area contributed by atoms with E-state index in [9.17, 15) is 8.42 Å². The van der Waals surface area contributed by atoms with E-state index in [4.69, 9.17) is 0 Å². The molecular weight excluding hydrogens is 400 g/mol. The fourth-order valence-corrected chi connectivity index (χ4v) is 4.88. The summed E-state index contributed by atoms with van der Waals surface area (Å²) >= 11 is 0. The lowest BCUT2D eigenvalue weighted by molar-refractivity contribution is 0.312. The second-order valence-corrected chi connectivity index (χ2v) is 9.49. The Bertz CT molecular complexity index is 966. The highest BCUT2D eigenvalue weighted by Gasteiger charge is 2.26. The molecule has 2 fully saturated rings. The molecule has 1 aromatic heterocycles. The Kier molecular flexibility index (Phi) is 6.31. The van der Waals surface area contributed by atoms with Crippen molar-refractivity contribution in [1.82, 2.24) is 19.2 Å². The molecule has 0 amide bonds. The minimum absolute atomic E-state index is 0.440. The van der Waals surface area contributed by atoms with E-state index in [2.05, 4.69) is 31.7 Å². The zero-order valence-corrected chi connectivity index (χ0v) is 18.1. The topological polar surface area (TPSA) is 72.9 Å². The molecule has 160 valence electrons. The standard InChI is InChI=1S/C21H28N6O2S/c1-24-8-10-25(11-9-24)20-17-21(23-18-22-20)26-12-14-27(15-13-26)30(28,29)16-7-19-5-3-2-4-6-19/h2-7,16-18H,8-15H2,1H3/b16-7+. The normalized spacial score (nSPS) is 19.5. The van der Waals surface area contributed by atoms with E-state index < -0.39 is 10.0 Å². The SMILES string of the molecule is CN1CCN(c2cc(N3CCN(S(=O)(=O)/C=C/c4ccccc4)CC3)ncn2)CC1. The van der Waals surface area contributed by atoms with Crippen LogP contribution in [0.3, 0.4) is 0 Å². The van der Waals surface area contributed by atoms with Crippen LogP contribution in [0.15, 0.2) is 48.1 Å². The summed E-state index contributed by atoms with van der Waals surface area (Å²) in [6, 6.07) is 11.5. The van der Waals surface area contributed by atoms with Crippen molar-refractivity contribution >= 4 is 27.7 Å². The number of likely N-dealkylation sites (N-methyl/N-ethyl adjacent to an activating group) is 1. The third-order valence-corrected chi connectivity index (χ3v) is 7.18. The molecule has 0 spiro atoms. The van der Waals surface area contributed by atoms with Crippen LogP contribution in [-0.2, 0) is 10.0 Å². The first-order chi connectivity index (χ1) is 14.5. The number of piperazine rings is 2. The quantitative estimate of drug-likeness (QED) is 0.712. The second-order valence-electron chi connectivity index (χ2n) is 7.67. The highest BCUT2D eigenvalue weighted by molar-refractivity contribution is 7.92. The van der Waals surface area contributed by atoms with Crippen LogP contribution >= 0.6 is 0 Å². The first kappa shape index (κ1) is 20.8. The summed E-state index contributed by atoms with van der Waals surface area (Å²) < 4.78 is 26.9. The number of hydrogen-bond acceptors (Lipinski definition) is 7. The molecule has 1 aromatic carbocycles. The average molecular weight is 429 g/mol. The highest BCUT2D eigenvalue weighted by Crippen LogP contribution is 2.21. The molecule has 0 atom stereocenters. The smallest absolute Gasteiger partial charge is 0.236 e. The predicted octanol–water partition coefficient (Wildman–Crippen LogP) is 1.35. The van der Waals surface area contributed by atoms with E-state index in [0.717, 1.165) is 43.4 Å². The molecule has 2 aromatic rings. The summed E-state index contributed by atoms with van der Waals surface area (Å²) in [5.41, 5.74) is 0.872. The van der Waals surface area contributed by atoms with Crippen LogP contribution in [-0.4, -0.2) is 87.0 Å². The van der Waals surface area contributed by atoms with Crippen LogP contribution in [0, 0.1) is 0 Å². The molecule has 8 nitrogen and oxygen atoms in total. The molecule has 30 heavy (non-hydrogen) atoms. The number of benzene rings is 1. The summed E-state index contributed by atoms with van der Waals surface area (Å²) in [4.78, 5) is 15.6. The van der Waals surface area contributed by atoms with E-state index in [1.165, 1.54) is 9.71 Å². The fourth-order valence-electron chi connectivity index (χ4n) is 3.71. The van der Waals surface area contributed by atoms with Gasteiger partial charge in [-0.05, 0) is 18.7 Å². The zero-order chi connectivity index (χ0) is 21.0. The molecule has 2 aliphatic rings. The number of nitrogens with zero attached hydrogens (tertiary/aromatic N) is 6. The van der Waals surface area contributed by atoms with Gasteiger partial charge in [-0.3, -0.25) is 0 Å². The van der Waals surface area contributed by atoms with E-state index in [1.807, 2.05) is 36.4 Å². The Hall–Kier alpha value is -2.49. The second kappa shape index (κ2) is 9.11. The van der Waals surface area contributed by atoms with Crippen LogP contribution in [0.4, 0.5) is 11.6 Å². The van der Waals surface area contributed by atoms with Gasteiger partial charge < -0.3 is 14.7 Å². The van der Waals surface area contributed by atoms with Gasteiger partial charge in [0.25, 0.3) is 0 Å². The lowest BCUT2D eigenvalue weighted by Gasteiger charge is -2.35. The Balaban J connectivity index is 1.37. The molecule has 9 heteroatoms. The zero-order valence-electron chi connectivity index (χ0n) is 17.3. The van der Waals surface area contributed by atoms with Crippen molar-refractivity contribution in [1.29, 1.82) is 0 Å². The largest absolute Gasteiger partial charge is 0.354 e. The lowest BCUT2D eigenvalue weighted by Crippen LogP contribution is -2.48. The summed E-state index contributed by atoms with van der Waals surface area (Å²) in [6.45, 7) is 6.04. The minimum atomic E-state index is -3.44. The van der Waals surface area contributed by atoms with Gasteiger partial charge in [-0.25, -0.2) is 18.4 Å². The van der Waals surface area contributed by atoms with Crippen molar-refractivity contribution in [2.75, 3.05) is 69.2 Å². The van der Waals surface area contributed by atoms with Gasteiger partial charge in [0.15, 0.2) is 0 Å². The molecule has 0 aliphatic carbocycles. The number of hydrogen-bond donors (Lipinski definition) is 0. The van der Waals surface area contributed by atoms with Crippen molar-refractivity contribution in [3.63, 3.8) is 0 Å². The van der Waals surface area contributed by atoms with Gasteiger partial charge in [-0.1, -0.05) is 30.3 Å². The van der Waals surface area contributed by atoms with Crippen molar-refractivity contribution in [3.8, 4) is 0 Å². The maximum Gasteiger partial charge on any atom is 0.236 e. The maximum atomic E-state index is 12.7. The van der Waals surface area contributed by atoms with Crippen LogP contribution in [0.2, 0.25) is 0 Å². The lowest BCUT2D eigenvalue weighted by atomic mass is 10.2. The summed E-state index contributed by atoms with van der Waals surface area (Å²) in [7, 11) is -1.31. The average Bonchev–Trinajstić information content (AvgIpc) is 2.79. The fraction of sp³-hybridized carbons (Fsp3) is 0.429. The third kappa shape index (κ3) is 4.97. The highest BCUT2D eigenvalue weighted by atomic mass is 32.2. The molecular formula is C21H28N6O2S. The van der Waals surface area contributed by atoms with Crippen molar-refractivity contribution in [2.24, 2.45) is 0 Å². The third-order valence-electron chi connectivity index (χ3n) is 5.62. The molecule has 0 radical (unpaired) electrons. The monoisotopic (exact) mass is 428 g/mol. The summed E-state index contributed by atoms with van der Waals surface area (Å²) in [6.07, 6.45) is 3.25. The molecule has 3 heterocycles. The van der Waals surface area contributed by atoms with Gasteiger partial charge in [0, 0.05) is 63.8 Å². The van der Waals surface area contributed by atoms with Crippen LogP contribution < -0.4 is 9.80 Å². The van der Waals surface area contributed by atoms with Gasteiger partial charge in [0.05, 0.1) is 0 Å². The number of rotatable bonds is 5. The molecule has 2 saturated heterocycles. The molecule has 4 rings (SSSR count). The Morgan fingerprint density at radius 2 is 1.40 bits per heavy atom. The van der Waals surface area contributed by atoms with Crippen molar-refractivity contribution in [3.05, 3.63) is 53.7 Å². The Labute approximate surface area is 178 Å². The van der Waals surface area contributed by atoms with Gasteiger partial charge >= 0.3 is 0 Å². The Morgan fingerprint density at radius 1 is 0.833 bits per heavy atom. The van der Waals surface area contributed by atoms with E-state index in [-0.39, 0.29) is 0 Å². The molecule has 0 bridgehead atoms. The molecule has 0 N–H and O–H groups in total. The first-order valence-electron chi connectivity index (χ1n) is 10.2. The summed E-state index contributed by atoms with van der Waals surface area (Å²) in [5.74, 6) is 1.80. The van der Waals surface area contributed by atoms with Gasteiger partial charge in [0.1, 0.15) is 18.0 Å². The molecule has 0 saturated carbocycles. The molecule has 0 unspecified atom stereocenters. The van der Waals surface area contributed by atoms with Crippen LogP contribution in [0.5, 0.6) is 0 Å². The maximum absolute atomic E-state index is 12.7. The molecule has 2 aliphatic heterocycles. The van der Waals surface area contributed by atoms with Gasteiger partial charge in [-0.2, -0.15) is 4.31 Å².